The van der Waals surface area contributed by atoms with Crippen LogP contribution >= 0.6 is 34.7 Å². The lowest BCUT2D eigenvalue weighted by Crippen LogP contribution is -2.33. The van der Waals surface area contributed by atoms with Crippen molar-refractivity contribution in [1.29, 1.82) is 0 Å². The first-order valence-corrected chi connectivity index (χ1v) is 12.8. The first-order chi connectivity index (χ1) is 15.5. The van der Waals surface area contributed by atoms with Crippen molar-refractivity contribution in [3.8, 4) is 0 Å². The zero-order chi connectivity index (χ0) is 22.5. The predicted molar refractivity (Wildman–Crippen MR) is 131 cm³/mol. The minimum Gasteiger partial charge on any atom is -0.347 e. The smallest absolute Gasteiger partial charge is 0.259 e. The van der Waals surface area contributed by atoms with Gasteiger partial charge in [0.25, 0.3) is 5.56 Å². The van der Waals surface area contributed by atoms with Crippen molar-refractivity contribution >= 4 is 62.4 Å². The van der Waals surface area contributed by atoms with Crippen LogP contribution < -0.4 is 16.2 Å². The van der Waals surface area contributed by atoms with Gasteiger partial charge >= 0.3 is 0 Å². The van der Waals surface area contributed by atoms with Crippen molar-refractivity contribution in [1.82, 2.24) is 15.3 Å². The molecule has 1 aliphatic carbocycles. The SMILES string of the molecule is O=C(CCSCc1nc2sc3c(c2c(=O)[nH]1)CCCC3)NCC(=O)Nc1ccc(Cl)cc1. The maximum Gasteiger partial charge on any atom is 0.259 e. The highest BCUT2D eigenvalue weighted by Gasteiger charge is 2.19. The molecule has 0 fully saturated rings. The van der Waals surface area contributed by atoms with Gasteiger partial charge in [0.1, 0.15) is 10.7 Å². The van der Waals surface area contributed by atoms with Gasteiger partial charge in [0.2, 0.25) is 11.8 Å². The molecule has 3 N–H and O–H groups in total. The number of aromatic amines is 1. The first kappa shape index (κ1) is 22.8. The fraction of sp³-hybridized carbons (Fsp3) is 0.364. The van der Waals surface area contributed by atoms with E-state index in [2.05, 4.69) is 20.6 Å². The molecule has 3 aromatic rings. The lowest BCUT2D eigenvalue weighted by molar-refractivity contribution is -0.123. The number of carbonyl (C=O) groups excluding carboxylic acids is 2. The number of nitrogens with one attached hydrogen (secondary N) is 3. The summed E-state index contributed by atoms with van der Waals surface area (Å²) in [4.78, 5) is 46.1. The summed E-state index contributed by atoms with van der Waals surface area (Å²) in [7, 11) is 0. The summed E-state index contributed by atoms with van der Waals surface area (Å²) >= 11 is 8.97. The molecule has 7 nitrogen and oxygen atoms in total. The fourth-order valence-electron chi connectivity index (χ4n) is 3.62. The molecule has 2 heterocycles. The van der Waals surface area contributed by atoms with Crippen molar-refractivity contribution in [2.24, 2.45) is 0 Å². The van der Waals surface area contributed by atoms with E-state index in [0.29, 0.717) is 28.0 Å². The highest BCUT2D eigenvalue weighted by molar-refractivity contribution is 7.98. The maximum absolute atomic E-state index is 12.6. The number of benzene rings is 1. The zero-order valence-electron chi connectivity index (χ0n) is 17.3. The van der Waals surface area contributed by atoms with Crippen LogP contribution in [0.1, 0.15) is 35.5 Å². The molecule has 0 radical (unpaired) electrons. The largest absolute Gasteiger partial charge is 0.347 e. The van der Waals surface area contributed by atoms with E-state index >= 15 is 0 Å². The number of nitrogens with zero attached hydrogens (tertiary/aromatic N) is 1. The lowest BCUT2D eigenvalue weighted by Gasteiger charge is -2.09. The highest BCUT2D eigenvalue weighted by atomic mass is 35.5. The van der Waals surface area contributed by atoms with Gasteiger partial charge in [-0.25, -0.2) is 4.98 Å². The molecule has 0 bridgehead atoms. The molecule has 0 unspecified atom stereocenters. The number of hydrogen-bond acceptors (Lipinski definition) is 6. The molecule has 1 aromatic carbocycles. The van der Waals surface area contributed by atoms with Gasteiger partial charge < -0.3 is 15.6 Å². The monoisotopic (exact) mass is 490 g/mol. The van der Waals surface area contributed by atoms with Gasteiger partial charge in [0.15, 0.2) is 0 Å². The number of fused-ring (bicyclic) bond motifs is 3. The van der Waals surface area contributed by atoms with Crippen LogP contribution in [0.15, 0.2) is 29.1 Å². The predicted octanol–water partition coefficient (Wildman–Crippen LogP) is 3.90. The van der Waals surface area contributed by atoms with Crippen LogP contribution in [0.5, 0.6) is 0 Å². The number of H-pyrrole nitrogens is 1. The number of hydrogen-bond donors (Lipinski definition) is 3. The molecule has 32 heavy (non-hydrogen) atoms. The Hall–Kier alpha value is -2.36. The summed E-state index contributed by atoms with van der Waals surface area (Å²) in [6.45, 7) is -0.0965. The fourth-order valence-corrected chi connectivity index (χ4v) is 5.83. The van der Waals surface area contributed by atoms with Crippen molar-refractivity contribution in [3.05, 3.63) is 55.9 Å². The Morgan fingerprint density at radius 3 is 2.75 bits per heavy atom. The van der Waals surface area contributed by atoms with Crippen LogP contribution in [-0.4, -0.2) is 34.1 Å². The molecule has 10 heteroatoms. The van der Waals surface area contributed by atoms with Crippen LogP contribution in [0, 0.1) is 0 Å². The minimum absolute atomic E-state index is 0.0607. The van der Waals surface area contributed by atoms with Gasteiger partial charge in [-0.2, -0.15) is 11.8 Å². The molecule has 2 aromatic heterocycles. The second-order valence-electron chi connectivity index (χ2n) is 7.54. The summed E-state index contributed by atoms with van der Waals surface area (Å²) in [5, 5.41) is 6.65. The summed E-state index contributed by atoms with van der Waals surface area (Å²) in [5.41, 5.74) is 1.74. The topological polar surface area (TPSA) is 104 Å². The summed E-state index contributed by atoms with van der Waals surface area (Å²) in [6.07, 6.45) is 4.57. The van der Waals surface area contributed by atoms with Crippen LogP contribution in [0.25, 0.3) is 10.2 Å². The number of rotatable bonds is 8. The van der Waals surface area contributed by atoms with E-state index in [1.54, 1.807) is 35.6 Å². The van der Waals surface area contributed by atoms with Crippen LogP contribution in [0.2, 0.25) is 5.02 Å². The summed E-state index contributed by atoms with van der Waals surface area (Å²) in [5.74, 6) is 1.22. The average Bonchev–Trinajstić information content (AvgIpc) is 3.16. The quantitative estimate of drug-likeness (QED) is 0.415. The van der Waals surface area contributed by atoms with Crippen molar-refractivity contribution in [2.45, 2.75) is 37.9 Å². The minimum atomic E-state index is -0.304. The number of anilines is 1. The Labute approximate surface area is 198 Å². The average molecular weight is 491 g/mol. The highest BCUT2D eigenvalue weighted by Crippen LogP contribution is 2.33. The molecule has 0 atom stereocenters. The van der Waals surface area contributed by atoms with Crippen LogP contribution in [0.3, 0.4) is 0 Å². The van der Waals surface area contributed by atoms with E-state index in [1.807, 2.05) is 0 Å². The molecule has 1 aliphatic rings. The molecule has 4 rings (SSSR count). The third-order valence-electron chi connectivity index (χ3n) is 5.16. The molecular formula is C22H23ClN4O3S2. The summed E-state index contributed by atoms with van der Waals surface area (Å²) in [6, 6.07) is 6.75. The van der Waals surface area contributed by atoms with Gasteiger partial charge in [-0.1, -0.05) is 11.6 Å². The normalized spacial score (nSPS) is 13.0. The van der Waals surface area contributed by atoms with E-state index in [1.165, 1.54) is 28.6 Å². The van der Waals surface area contributed by atoms with E-state index < -0.39 is 0 Å². The lowest BCUT2D eigenvalue weighted by atomic mass is 9.97. The molecular weight excluding hydrogens is 468 g/mol. The van der Waals surface area contributed by atoms with Gasteiger partial charge in [0, 0.05) is 27.8 Å². The van der Waals surface area contributed by atoms with E-state index in [4.69, 9.17) is 11.6 Å². The number of halogens is 1. The number of carbonyl (C=O) groups is 2. The Bertz CT molecular complexity index is 1190. The second-order valence-corrected chi connectivity index (χ2v) is 10.2. The van der Waals surface area contributed by atoms with Gasteiger partial charge in [0.05, 0.1) is 17.7 Å². The van der Waals surface area contributed by atoms with Gasteiger partial charge in [-0.3, -0.25) is 14.4 Å². The second kappa shape index (κ2) is 10.5. The van der Waals surface area contributed by atoms with Gasteiger partial charge in [-0.15, -0.1) is 11.3 Å². The maximum atomic E-state index is 12.6. The Balaban J connectivity index is 1.20. The molecule has 0 spiro atoms. The molecule has 0 saturated carbocycles. The Morgan fingerprint density at radius 2 is 1.94 bits per heavy atom. The number of thioether (sulfide) groups is 1. The summed E-state index contributed by atoms with van der Waals surface area (Å²) < 4.78 is 0. The third kappa shape index (κ3) is 5.70. The van der Waals surface area contributed by atoms with Crippen molar-refractivity contribution < 1.29 is 9.59 Å². The molecule has 2 amide bonds. The third-order valence-corrected chi connectivity index (χ3v) is 7.57. The van der Waals surface area contributed by atoms with Gasteiger partial charge in [-0.05, 0) is 55.5 Å². The van der Waals surface area contributed by atoms with E-state index in [9.17, 15) is 14.4 Å². The Morgan fingerprint density at radius 1 is 1.16 bits per heavy atom. The standard InChI is InChI=1S/C22H23ClN4O3S2/c23-13-5-7-14(8-6-13)25-19(29)11-24-18(28)9-10-31-12-17-26-21(30)20-15-3-1-2-4-16(15)32-22(20)27-17/h5-8H,1-4,9-12H2,(H,24,28)(H,25,29)(H,26,27,30). The van der Waals surface area contributed by atoms with Crippen LogP contribution in [-0.2, 0) is 28.2 Å². The number of amides is 2. The van der Waals surface area contributed by atoms with E-state index in [0.717, 1.165) is 29.5 Å². The zero-order valence-corrected chi connectivity index (χ0v) is 19.7. The van der Waals surface area contributed by atoms with E-state index in [-0.39, 0.29) is 30.3 Å². The number of aromatic nitrogens is 2. The number of aryl methyl sites for hydroxylation is 2. The molecule has 0 saturated heterocycles. The van der Waals surface area contributed by atoms with Crippen molar-refractivity contribution in [3.63, 3.8) is 0 Å². The molecule has 0 aliphatic heterocycles. The first-order valence-electron chi connectivity index (χ1n) is 10.4. The Kier molecular flexibility index (Phi) is 7.49. The van der Waals surface area contributed by atoms with Crippen molar-refractivity contribution in [2.75, 3.05) is 17.6 Å². The van der Waals surface area contributed by atoms with Crippen LogP contribution in [0.4, 0.5) is 5.69 Å². The number of thiophene rings is 1. The molecule has 168 valence electrons.